The van der Waals surface area contributed by atoms with Gasteiger partial charge in [0.2, 0.25) is 5.91 Å². The molecule has 0 aliphatic carbocycles. The van der Waals surface area contributed by atoms with Crippen molar-refractivity contribution in [2.24, 2.45) is 11.8 Å². The van der Waals surface area contributed by atoms with Gasteiger partial charge in [0.1, 0.15) is 30.5 Å². The van der Waals surface area contributed by atoms with E-state index in [1.54, 1.807) is 6.92 Å². The Hall–Kier alpha value is -5.65. The number of hydrogen-bond acceptors (Lipinski definition) is 12. The molecule has 6 aromatic rings. The molecule has 3 aliphatic rings. The normalized spacial score (nSPS) is 26.7. The van der Waals surface area contributed by atoms with Crippen molar-refractivity contribution in [3.05, 3.63) is 215 Å². The number of benzene rings is 6. The lowest BCUT2D eigenvalue weighted by Gasteiger charge is -2.51. The molecule has 6 aromatic carbocycles. The molecule has 3 fully saturated rings. The van der Waals surface area contributed by atoms with E-state index in [4.69, 9.17) is 42.6 Å². The van der Waals surface area contributed by atoms with E-state index in [0.29, 0.717) is 45.9 Å². The van der Waals surface area contributed by atoms with Crippen molar-refractivity contribution in [2.45, 2.75) is 197 Å². The predicted octanol–water partition coefficient (Wildman–Crippen LogP) is 12.5. The number of nitrogens with one attached hydrogen (secondary N) is 1. The highest BCUT2D eigenvalue weighted by Crippen LogP contribution is 2.42. The number of aliphatic hydroxyl groups is 2. The second kappa shape index (κ2) is 35.4. The molecule has 0 spiro atoms. The molecule has 9 rings (SSSR count). The van der Waals surface area contributed by atoms with Gasteiger partial charge in [-0.1, -0.05) is 227 Å². The predicted molar refractivity (Wildman–Crippen MR) is 332 cm³/mol. The van der Waals surface area contributed by atoms with Crippen molar-refractivity contribution in [3.8, 4) is 0 Å². The van der Waals surface area contributed by atoms with Gasteiger partial charge in [-0.25, -0.2) is 0 Å². The number of aliphatic hydroxyl groups excluding tert-OH is 2. The Morgan fingerprint density at radius 3 is 1.36 bits per heavy atom. The third-order valence-electron chi connectivity index (χ3n) is 17.2. The molecule has 0 saturated carbocycles. The molecule has 13 nitrogen and oxygen atoms in total. The summed E-state index contributed by atoms with van der Waals surface area (Å²) in [6.45, 7) is 6.21. The van der Waals surface area contributed by atoms with Gasteiger partial charge in [-0.3, -0.25) is 4.79 Å². The number of unbranched alkanes of at least 4 members (excludes halogenated alkanes) is 7. The smallest absolute Gasteiger partial charge is 0.217 e. The average molecular weight is 1180 g/mol. The summed E-state index contributed by atoms with van der Waals surface area (Å²) in [5, 5.41) is 26.0. The fourth-order valence-electron chi connectivity index (χ4n) is 12.7. The number of carbonyl (C=O) groups excluding carboxylic acids is 1. The molecule has 3 saturated heterocycles. The molecule has 3 aliphatic heterocycles. The summed E-state index contributed by atoms with van der Waals surface area (Å²) < 4.78 is 63.4. The molecule has 86 heavy (non-hydrogen) atoms. The summed E-state index contributed by atoms with van der Waals surface area (Å²) in [6, 6.07) is 60.2. The van der Waals surface area contributed by atoms with Crippen LogP contribution in [-0.4, -0.2) is 109 Å². The van der Waals surface area contributed by atoms with Crippen LogP contribution in [-0.2, 0) is 87.1 Å². The molecule has 1 amide bonds. The highest BCUT2D eigenvalue weighted by atomic mass is 16.6. The van der Waals surface area contributed by atoms with Crippen LogP contribution < -0.4 is 5.32 Å². The number of carbonyl (C=O) groups is 1. The second-order valence-corrected chi connectivity index (χ2v) is 23.7. The molecule has 0 aromatic heterocycles. The van der Waals surface area contributed by atoms with Crippen molar-refractivity contribution >= 4 is 5.91 Å². The lowest BCUT2D eigenvalue weighted by atomic mass is 9.75. The van der Waals surface area contributed by atoms with Gasteiger partial charge in [0, 0.05) is 25.4 Å². The van der Waals surface area contributed by atoms with Gasteiger partial charge in [0.25, 0.3) is 0 Å². The average Bonchev–Trinajstić information content (AvgIpc) is 1.70. The molecule has 14 atom stereocenters. The van der Waals surface area contributed by atoms with Crippen molar-refractivity contribution in [1.29, 1.82) is 0 Å². The van der Waals surface area contributed by atoms with E-state index in [1.165, 1.54) is 0 Å². The van der Waals surface area contributed by atoms with Gasteiger partial charge < -0.3 is 58.2 Å². The van der Waals surface area contributed by atoms with Crippen LogP contribution in [0.3, 0.4) is 0 Å². The standard InChI is InChI=1S/C73H93NO12/c1-53-69(80-46-56-31-17-10-18-32-56)73(84-50-60-39-25-14-26-40-60)72(83-49-59-37-23-13-24-38-59)65(85-53)44-62-64(86-66(52-78-45-55-29-15-9-16-30-55)71(68(62)77)82-48-58-35-21-12-22-36-58)43-61-51-79-63(41-27-7-5-3-4-6-8-28-42-75)67(74-54(2)76)70(61)81-47-57-33-19-11-20-34-57/h9-26,29-40,53,61-73,75,77H,3-8,27-28,41-52H2,1-2H3,(H,74,76)/t53-,61+,62-,63-,64-,65-,66+,67-,68+,69+,70-,71-,72+,73+/m0/s1. The Labute approximate surface area is 511 Å². The summed E-state index contributed by atoms with van der Waals surface area (Å²) in [6.07, 6.45) is 3.12. The van der Waals surface area contributed by atoms with Gasteiger partial charge in [0.15, 0.2) is 0 Å². The van der Waals surface area contributed by atoms with Gasteiger partial charge in [-0.15, -0.1) is 0 Å². The molecule has 0 unspecified atom stereocenters. The van der Waals surface area contributed by atoms with Crippen LogP contribution in [0.4, 0.5) is 0 Å². The zero-order chi connectivity index (χ0) is 59.6. The highest BCUT2D eigenvalue weighted by Gasteiger charge is 2.53. The summed E-state index contributed by atoms with van der Waals surface area (Å²) >= 11 is 0. The minimum Gasteiger partial charge on any atom is -0.396 e. The monoisotopic (exact) mass is 1180 g/mol. The first-order chi connectivity index (χ1) is 42.3. The number of rotatable bonds is 34. The molecule has 0 radical (unpaired) electrons. The van der Waals surface area contributed by atoms with Gasteiger partial charge in [-0.05, 0) is 66.0 Å². The Bertz CT molecular complexity index is 2770. The maximum absolute atomic E-state index is 13.5. The van der Waals surface area contributed by atoms with Crippen LogP contribution in [0.5, 0.6) is 0 Å². The number of amides is 1. The van der Waals surface area contributed by atoms with Crippen LogP contribution in [0, 0.1) is 11.8 Å². The van der Waals surface area contributed by atoms with E-state index < -0.39 is 73.0 Å². The lowest BCUT2D eigenvalue weighted by Crippen LogP contribution is -2.63. The summed E-state index contributed by atoms with van der Waals surface area (Å²) in [5.41, 5.74) is 6.04. The number of ether oxygens (including phenoxy) is 9. The van der Waals surface area contributed by atoms with Crippen LogP contribution in [0.2, 0.25) is 0 Å². The second-order valence-electron chi connectivity index (χ2n) is 23.7. The molecule has 3 heterocycles. The zero-order valence-electron chi connectivity index (χ0n) is 50.5. The third kappa shape index (κ3) is 19.9. The maximum atomic E-state index is 13.5. The molecule has 3 N–H and O–H groups in total. The maximum Gasteiger partial charge on any atom is 0.217 e. The summed E-state index contributed by atoms with van der Waals surface area (Å²) in [5.74, 6) is -1.03. The molecule has 462 valence electrons. The van der Waals surface area contributed by atoms with Crippen molar-refractivity contribution < 1.29 is 57.6 Å². The van der Waals surface area contributed by atoms with Gasteiger partial charge >= 0.3 is 0 Å². The molecular weight excluding hydrogens is 1080 g/mol. The lowest BCUT2D eigenvalue weighted by molar-refractivity contribution is -0.278. The summed E-state index contributed by atoms with van der Waals surface area (Å²) in [7, 11) is 0. The van der Waals surface area contributed by atoms with Crippen LogP contribution >= 0.6 is 0 Å². The Morgan fingerprint density at radius 2 is 0.884 bits per heavy atom. The van der Waals surface area contributed by atoms with Gasteiger partial charge in [-0.2, -0.15) is 0 Å². The minimum atomic E-state index is -1.08. The molecule has 13 heteroatoms. The topological polar surface area (TPSA) is 153 Å². The fraction of sp³-hybridized carbons (Fsp3) is 0.493. The first kappa shape index (κ1) is 64.8. The highest BCUT2D eigenvalue weighted by molar-refractivity contribution is 5.73. The SMILES string of the molecule is CC(=O)N[C@@H]1[C@@H](OCc2ccccc2)[C@H](C[C@@H]2O[C@H](COCc3ccccc3)[C@H](OCc3ccccc3)[C@H](O)[C@H]2C[C@@H]2O[C@@H](C)[C@@H](OCc3ccccc3)[C@@H](OCc3ccccc3)[C@@H]2OCc2ccccc2)CO[C@H]1CCCCCCCCCCO. The largest absolute Gasteiger partial charge is 0.396 e. The van der Waals surface area contributed by atoms with Crippen molar-refractivity contribution in [3.63, 3.8) is 0 Å². The first-order valence-electron chi connectivity index (χ1n) is 31.7. The minimum absolute atomic E-state index is 0.151. The first-order valence-corrected chi connectivity index (χ1v) is 31.7. The third-order valence-corrected chi connectivity index (χ3v) is 17.2. The zero-order valence-corrected chi connectivity index (χ0v) is 50.5. The van der Waals surface area contributed by atoms with Crippen molar-refractivity contribution in [1.82, 2.24) is 5.32 Å². The van der Waals surface area contributed by atoms with Crippen LogP contribution in [0.15, 0.2) is 182 Å². The Balaban J connectivity index is 1.06. The Kier molecular flexibility index (Phi) is 26.7. The van der Waals surface area contributed by atoms with E-state index in [9.17, 15) is 15.0 Å². The van der Waals surface area contributed by atoms with E-state index in [2.05, 4.69) is 53.8 Å². The number of hydrogen-bond donors (Lipinski definition) is 3. The van der Waals surface area contributed by atoms with Crippen molar-refractivity contribution in [2.75, 3.05) is 19.8 Å². The quantitative estimate of drug-likeness (QED) is 0.0330. The van der Waals surface area contributed by atoms with E-state index in [-0.39, 0.29) is 44.4 Å². The Morgan fingerprint density at radius 1 is 0.465 bits per heavy atom. The van der Waals surface area contributed by atoms with E-state index >= 15 is 0 Å². The summed E-state index contributed by atoms with van der Waals surface area (Å²) in [4.78, 5) is 13.4. The molecule has 0 bridgehead atoms. The van der Waals surface area contributed by atoms with Crippen LogP contribution in [0.1, 0.15) is 118 Å². The molecular formula is C73H93NO12. The van der Waals surface area contributed by atoms with Crippen LogP contribution in [0.25, 0.3) is 0 Å². The van der Waals surface area contributed by atoms with Gasteiger partial charge in [0.05, 0.1) is 95.5 Å². The van der Waals surface area contributed by atoms with E-state index in [1.807, 2.05) is 140 Å². The van der Waals surface area contributed by atoms with E-state index in [0.717, 1.165) is 91.2 Å². The fourth-order valence-corrected chi connectivity index (χ4v) is 12.7.